The third-order valence-corrected chi connectivity index (χ3v) is 18.1. The number of hydrogen-bond donors (Lipinski definition) is 8. The Morgan fingerprint density at radius 1 is 0.465 bits per heavy atom. The SMILES string of the molecule is CCC(=O)CCCCC[C@@H]1NC(=O)[C@H]2CCCCN2C(=O)[C@H]([C@@H](C)CC)NC(=O)[C@H](Cc2c[nH]c3ccccc23)NC(=O)[C@H](CCCCCC(=O)CC)NC(=O)[C@H]2CCCCN2C(=O)[C@H]([C@@H](C)CC)NC(=O)[C@H](Cc2c[nH]c3ccccc23)NC1=O. The average Bonchev–Trinajstić information content (AvgIpc) is 2.88. The number of ketones is 2. The van der Waals surface area contributed by atoms with E-state index in [0.29, 0.717) is 114 Å². The molecule has 4 aromatic rings. The Labute approximate surface area is 506 Å². The van der Waals surface area contributed by atoms with Gasteiger partial charge in [-0.05, 0) is 99.3 Å². The van der Waals surface area contributed by atoms with Crippen LogP contribution >= 0.6 is 0 Å². The largest absolute Gasteiger partial charge is 0.361 e. The van der Waals surface area contributed by atoms with Crippen LogP contribution in [-0.2, 0) is 60.8 Å². The summed E-state index contributed by atoms with van der Waals surface area (Å²) in [5.41, 5.74) is 3.04. The van der Waals surface area contributed by atoms with Crippen molar-refractivity contribution in [2.24, 2.45) is 11.8 Å². The molecule has 0 aliphatic carbocycles. The molecule has 0 unspecified atom stereocenters. The maximum absolute atomic E-state index is 15.3. The van der Waals surface area contributed by atoms with E-state index in [-0.39, 0.29) is 63.2 Å². The first-order valence-electron chi connectivity index (χ1n) is 32.0. The minimum Gasteiger partial charge on any atom is -0.361 e. The Morgan fingerprint density at radius 3 is 1.22 bits per heavy atom. The summed E-state index contributed by atoms with van der Waals surface area (Å²) in [6, 6.07) is 5.77. The summed E-state index contributed by atoms with van der Waals surface area (Å²) in [5.74, 6) is -5.42. The highest BCUT2D eigenvalue weighted by Gasteiger charge is 2.43. The average molecular weight is 1190 g/mol. The van der Waals surface area contributed by atoms with Crippen molar-refractivity contribution in [3.05, 3.63) is 72.1 Å². The van der Waals surface area contributed by atoms with Crippen LogP contribution in [0.15, 0.2) is 60.9 Å². The lowest BCUT2D eigenvalue weighted by molar-refractivity contribution is -0.147. The van der Waals surface area contributed by atoms with Crippen LogP contribution < -0.4 is 31.9 Å². The number of nitrogens with zero attached hydrogens (tertiary/aromatic N) is 2. The molecule has 468 valence electrons. The lowest BCUT2D eigenvalue weighted by atomic mass is 9.93. The molecule has 0 spiro atoms. The van der Waals surface area contributed by atoms with Gasteiger partial charge >= 0.3 is 0 Å². The molecule has 2 aromatic heterocycles. The van der Waals surface area contributed by atoms with Gasteiger partial charge in [0.1, 0.15) is 59.9 Å². The fourth-order valence-corrected chi connectivity index (χ4v) is 12.3. The first-order valence-corrected chi connectivity index (χ1v) is 32.0. The Hall–Kier alpha value is -7.38. The fraction of sp³-hybridized carbons (Fsp3) is 0.606. The predicted molar refractivity (Wildman–Crippen MR) is 330 cm³/mol. The van der Waals surface area contributed by atoms with E-state index in [1.54, 1.807) is 12.4 Å². The van der Waals surface area contributed by atoms with Crippen LogP contribution in [0.4, 0.5) is 0 Å². The van der Waals surface area contributed by atoms with Gasteiger partial charge in [0, 0.05) is 85.8 Å². The third-order valence-electron chi connectivity index (χ3n) is 18.1. The van der Waals surface area contributed by atoms with Gasteiger partial charge < -0.3 is 51.7 Å². The number of aromatic nitrogens is 2. The Bertz CT molecular complexity index is 2810. The van der Waals surface area contributed by atoms with E-state index in [1.807, 2.05) is 90.1 Å². The molecular formula is C66H94N10O10. The van der Waals surface area contributed by atoms with E-state index in [0.717, 1.165) is 21.8 Å². The highest BCUT2D eigenvalue weighted by Crippen LogP contribution is 2.27. The molecule has 5 heterocycles. The van der Waals surface area contributed by atoms with Crippen molar-refractivity contribution in [2.45, 2.75) is 231 Å². The summed E-state index contributed by atoms with van der Waals surface area (Å²) >= 11 is 0. The topological polar surface area (TPSA) is 281 Å². The number of aromatic amines is 2. The lowest BCUT2D eigenvalue weighted by Gasteiger charge is -2.39. The normalized spacial score (nSPS) is 24.3. The van der Waals surface area contributed by atoms with Crippen LogP contribution in [0.1, 0.15) is 181 Å². The monoisotopic (exact) mass is 1190 g/mol. The number of rotatable bonds is 22. The van der Waals surface area contributed by atoms with E-state index in [2.05, 4.69) is 41.9 Å². The molecule has 20 nitrogen and oxygen atoms in total. The number of para-hydroxylation sites is 2. The summed E-state index contributed by atoms with van der Waals surface area (Å²) in [6.45, 7) is 11.5. The van der Waals surface area contributed by atoms with Crippen molar-refractivity contribution in [2.75, 3.05) is 13.1 Å². The van der Waals surface area contributed by atoms with Gasteiger partial charge in [-0.1, -0.05) is 116 Å². The zero-order chi connectivity index (χ0) is 61.9. The molecule has 0 radical (unpaired) electrons. The first-order chi connectivity index (χ1) is 41.5. The maximum Gasteiger partial charge on any atom is 0.246 e. The Kier molecular flexibility index (Phi) is 24.9. The van der Waals surface area contributed by atoms with Gasteiger partial charge in [-0.15, -0.1) is 0 Å². The number of nitrogens with one attached hydrogen (secondary N) is 8. The number of unbranched alkanes of at least 4 members (excludes halogenated alkanes) is 4. The van der Waals surface area contributed by atoms with Crippen molar-refractivity contribution in [1.29, 1.82) is 0 Å². The second kappa shape index (κ2) is 32.4. The summed E-state index contributed by atoms with van der Waals surface area (Å²) in [6.07, 6.45) is 12.3. The number of H-pyrrole nitrogens is 2. The standard InChI is InChI=1S/C66H94N10O10/c1-7-41(5)57-65(85)75-35-23-21-33-55(75)63(83)69-52(32-16-12-14-26-46(78)10-4)60(80)72-54(38-44-40-68-50-30-20-18-28-48(44)50)62(82)74-58(42(6)8-2)66(86)76-36-24-22-34-56(76)64(84)70-51(31-15-11-13-25-45(77)9-3)59(79)71-53(61(81)73-57)37-43-39-67-49-29-19-17-27-47(43)49/h17-20,27-30,39-42,51-58,67-68H,7-16,21-26,31-38H2,1-6H3,(H,69,83)(H,70,84)(H,71,79)(H,72,80)(H,73,81)(H,74,82)/t41-,42-,51-,52-,53-,54-,55+,56+,57-,58-/m0/s1. The van der Waals surface area contributed by atoms with E-state index in [4.69, 9.17) is 0 Å². The van der Waals surface area contributed by atoms with Crippen LogP contribution in [0.5, 0.6) is 0 Å². The zero-order valence-corrected chi connectivity index (χ0v) is 51.5. The Balaban J connectivity index is 1.31. The van der Waals surface area contributed by atoms with E-state index in [1.165, 1.54) is 9.80 Å². The highest BCUT2D eigenvalue weighted by atomic mass is 16.2. The lowest BCUT2D eigenvalue weighted by Crippen LogP contribution is -2.64. The second-order valence-electron chi connectivity index (χ2n) is 24.2. The molecule has 7 rings (SSSR count). The first kappa shape index (κ1) is 66.2. The zero-order valence-electron chi connectivity index (χ0n) is 51.5. The van der Waals surface area contributed by atoms with E-state index < -0.39 is 107 Å². The number of benzene rings is 2. The molecule has 3 aliphatic rings. The van der Waals surface area contributed by atoms with Gasteiger partial charge in [-0.3, -0.25) is 47.9 Å². The van der Waals surface area contributed by atoms with Crippen LogP contribution in [0, 0.1) is 11.8 Å². The summed E-state index contributed by atoms with van der Waals surface area (Å²) in [4.78, 5) is 155. The van der Waals surface area contributed by atoms with Gasteiger partial charge in [0.2, 0.25) is 47.3 Å². The molecule has 0 saturated carbocycles. The molecular weight excluding hydrogens is 1090 g/mol. The second-order valence-corrected chi connectivity index (χ2v) is 24.2. The summed E-state index contributed by atoms with van der Waals surface area (Å²) in [7, 11) is 0. The minimum absolute atomic E-state index is 0.00777. The number of carbonyl (C=O) groups excluding carboxylic acids is 10. The highest BCUT2D eigenvalue weighted by molar-refractivity contribution is 6.00. The molecule has 20 heteroatoms. The molecule has 8 N–H and O–H groups in total. The number of carbonyl (C=O) groups is 10. The number of Topliss-reactive ketones (excluding diaryl/α,β-unsaturated/α-hetero) is 2. The molecule has 3 aliphatic heterocycles. The van der Waals surface area contributed by atoms with Gasteiger partial charge in [-0.25, -0.2) is 0 Å². The van der Waals surface area contributed by atoms with E-state index >= 15 is 28.8 Å². The van der Waals surface area contributed by atoms with Crippen LogP contribution in [0.2, 0.25) is 0 Å². The van der Waals surface area contributed by atoms with Crippen LogP contribution in [0.3, 0.4) is 0 Å². The minimum atomic E-state index is -1.28. The van der Waals surface area contributed by atoms with Crippen LogP contribution in [0.25, 0.3) is 21.8 Å². The molecule has 10 atom stereocenters. The van der Waals surface area contributed by atoms with Crippen molar-refractivity contribution in [1.82, 2.24) is 51.7 Å². The van der Waals surface area contributed by atoms with Crippen molar-refractivity contribution in [3.63, 3.8) is 0 Å². The molecule has 8 amide bonds. The summed E-state index contributed by atoms with van der Waals surface area (Å²) < 4.78 is 0. The van der Waals surface area contributed by atoms with Crippen molar-refractivity contribution >= 4 is 80.6 Å². The molecule has 86 heavy (non-hydrogen) atoms. The number of amides is 8. The molecule has 3 fully saturated rings. The van der Waals surface area contributed by atoms with Gasteiger partial charge in [0.05, 0.1) is 0 Å². The number of fused-ring (bicyclic) bond motifs is 4. The fourth-order valence-electron chi connectivity index (χ4n) is 12.3. The quantitative estimate of drug-likeness (QED) is 0.0371. The van der Waals surface area contributed by atoms with Crippen molar-refractivity contribution in [3.8, 4) is 0 Å². The van der Waals surface area contributed by atoms with Gasteiger partial charge in [0.25, 0.3) is 0 Å². The van der Waals surface area contributed by atoms with Gasteiger partial charge in [0.15, 0.2) is 0 Å². The maximum atomic E-state index is 15.3. The van der Waals surface area contributed by atoms with Crippen molar-refractivity contribution < 1.29 is 47.9 Å². The molecule has 3 saturated heterocycles. The third kappa shape index (κ3) is 17.4. The number of hydrogen-bond acceptors (Lipinski definition) is 10. The summed E-state index contributed by atoms with van der Waals surface area (Å²) in [5, 5.41) is 19.7. The molecule has 0 bridgehead atoms. The van der Waals surface area contributed by atoms with E-state index in [9.17, 15) is 19.2 Å². The molecule has 2 aromatic carbocycles. The smallest absolute Gasteiger partial charge is 0.246 e. The van der Waals surface area contributed by atoms with Gasteiger partial charge in [-0.2, -0.15) is 0 Å². The Morgan fingerprint density at radius 2 is 0.837 bits per heavy atom. The predicted octanol–water partition coefficient (Wildman–Crippen LogP) is 7.07. The van der Waals surface area contributed by atoms with Crippen LogP contribution in [-0.4, -0.2) is 140 Å². The number of piperidine rings is 2.